The van der Waals surface area contributed by atoms with Crippen LogP contribution in [0.15, 0.2) is 54.6 Å². The van der Waals surface area contributed by atoms with Gasteiger partial charge >= 0.3 is 0 Å². The summed E-state index contributed by atoms with van der Waals surface area (Å²) < 4.78 is 1.04. The van der Waals surface area contributed by atoms with Crippen molar-refractivity contribution in [2.24, 2.45) is 0 Å². The molecular weight excluding hydrogens is 332 g/mol. The topological polar surface area (TPSA) is 6.48 Å². The zero-order valence-electron chi connectivity index (χ0n) is 14.1. The number of rotatable bonds is 4. The average molecular weight is 357 g/mol. The molecule has 0 aromatic heterocycles. The second kappa shape index (κ2) is 8.65. The van der Waals surface area contributed by atoms with Gasteiger partial charge in [0, 0.05) is 38.5 Å². The monoisotopic (exact) mass is 356 g/mol. The molecule has 0 saturated carbocycles. The molecule has 0 unspecified atom stereocenters. The van der Waals surface area contributed by atoms with Gasteiger partial charge in [0.1, 0.15) is 4.32 Å². The molecule has 24 heavy (non-hydrogen) atoms. The molecule has 2 aromatic carbocycles. The molecule has 0 N–H and O–H groups in total. The first-order valence-corrected chi connectivity index (χ1v) is 9.83. The van der Waals surface area contributed by atoms with Crippen LogP contribution in [-0.2, 0) is 12.3 Å². The Balaban J connectivity index is 1.42. The zero-order valence-corrected chi connectivity index (χ0v) is 15.8. The Hall–Kier alpha value is -1.36. The maximum atomic E-state index is 5.63. The summed E-state index contributed by atoms with van der Waals surface area (Å²) >= 11 is 7.41. The highest BCUT2D eigenvalue weighted by Gasteiger charge is 2.19. The molecule has 0 radical (unpaired) electrons. The van der Waals surface area contributed by atoms with Gasteiger partial charge in [0.05, 0.1) is 0 Å². The van der Waals surface area contributed by atoms with Crippen molar-refractivity contribution in [3.05, 3.63) is 71.3 Å². The minimum absolute atomic E-state index is 0.962. The second-order valence-electron chi connectivity index (χ2n) is 6.29. The predicted octanol–water partition coefficient (Wildman–Crippen LogP) is 4.33. The molecule has 0 amide bonds. The third-order valence-electron chi connectivity index (χ3n) is 4.36. The van der Waals surface area contributed by atoms with Crippen LogP contribution < -0.4 is 0 Å². The quantitative estimate of drug-likeness (QED) is 0.752. The van der Waals surface area contributed by atoms with Crippen LogP contribution in [0, 0.1) is 6.92 Å². The van der Waals surface area contributed by atoms with E-state index in [-0.39, 0.29) is 0 Å². The van der Waals surface area contributed by atoms with Crippen LogP contribution in [0.2, 0.25) is 0 Å². The lowest BCUT2D eigenvalue weighted by Gasteiger charge is -2.36. The molecule has 0 bridgehead atoms. The number of piperazine rings is 1. The Bertz CT molecular complexity index is 647. The molecule has 4 heteroatoms. The molecule has 1 fully saturated rings. The summed E-state index contributed by atoms with van der Waals surface area (Å²) in [7, 11) is 0. The summed E-state index contributed by atoms with van der Waals surface area (Å²) in [6.07, 6.45) is 0. The summed E-state index contributed by atoms with van der Waals surface area (Å²) in [6.45, 7) is 7.41. The number of hydrogen-bond donors (Lipinski definition) is 0. The normalized spacial score (nSPS) is 15.5. The van der Waals surface area contributed by atoms with Crippen molar-refractivity contribution in [1.82, 2.24) is 9.80 Å². The van der Waals surface area contributed by atoms with Crippen LogP contribution in [-0.4, -0.2) is 40.3 Å². The lowest BCUT2D eigenvalue weighted by molar-refractivity contribution is 0.179. The fourth-order valence-corrected chi connectivity index (χ4v) is 4.06. The molecule has 1 aliphatic heterocycles. The molecular formula is C20H24N2S2. The smallest absolute Gasteiger partial charge is 0.136 e. The summed E-state index contributed by atoms with van der Waals surface area (Å²) in [6, 6.07) is 19.4. The van der Waals surface area contributed by atoms with E-state index < -0.39 is 0 Å². The second-order valence-corrected chi connectivity index (χ2v) is 7.90. The summed E-state index contributed by atoms with van der Waals surface area (Å²) in [5.41, 5.74) is 4.06. The molecule has 126 valence electrons. The van der Waals surface area contributed by atoms with E-state index in [1.165, 1.54) is 16.7 Å². The van der Waals surface area contributed by atoms with E-state index in [0.29, 0.717) is 0 Å². The number of nitrogens with zero attached hydrogens (tertiary/aromatic N) is 2. The molecule has 0 aliphatic carbocycles. The van der Waals surface area contributed by atoms with Gasteiger partial charge in [0.25, 0.3) is 0 Å². The fourth-order valence-electron chi connectivity index (χ4n) is 2.85. The zero-order chi connectivity index (χ0) is 16.8. The maximum Gasteiger partial charge on any atom is 0.136 e. The number of hydrogen-bond acceptors (Lipinski definition) is 3. The van der Waals surface area contributed by atoms with E-state index in [0.717, 1.165) is 42.8 Å². The van der Waals surface area contributed by atoms with E-state index in [9.17, 15) is 0 Å². The van der Waals surface area contributed by atoms with Gasteiger partial charge in [-0.3, -0.25) is 4.90 Å². The third-order valence-corrected chi connectivity index (χ3v) is 5.96. The number of thioether (sulfide) groups is 1. The number of thiocarbonyl (C=S) groups is 1. The van der Waals surface area contributed by atoms with Gasteiger partial charge in [0.2, 0.25) is 0 Å². The predicted molar refractivity (Wildman–Crippen MR) is 108 cm³/mol. The van der Waals surface area contributed by atoms with E-state index in [2.05, 4.69) is 71.3 Å². The molecule has 1 heterocycles. The van der Waals surface area contributed by atoms with Crippen LogP contribution in [0.5, 0.6) is 0 Å². The molecule has 1 saturated heterocycles. The summed E-state index contributed by atoms with van der Waals surface area (Å²) in [5.74, 6) is 0.962. The van der Waals surface area contributed by atoms with Crippen molar-refractivity contribution in [1.29, 1.82) is 0 Å². The van der Waals surface area contributed by atoms with E-state index in [1.807, 2.05) is 0 Å². The van der Waals surface area contributed by atoms with Crippen molar-refractivity contribution in [2.45, 2.75) is 19.2 Å². The van der Waals surface area contributed by atoms with Crippen molar-refractivity contribution in [2.75, 3.05) is 26.2 Å². The first-order valence-electron chi connectivity index (χ1n) is 8.44. The van der Waals surface area contributed by atoms with Crippen LogP contribution in [0.25, 0.3) is 0 Å². The molecule has 2 aromatic rings. The molecule has 0 spiro atoms. The molecule has 3 rings (SSSR count). The Morgan fingerprint density at radius 1 is 0.917 bits per heavy atom. The van der Waals surface area contributed by atoms with Gasteiger partial charge < -0.3 is 4.90 Å². The first-order chi connectivity index (χ1) is 11.7. The number of aryl methyl sites for hydroxylation is 1. The van der Waals surface area contributed by atoms with Gasteiger partial charge in [-0.25, -0.2) is 0 Å². The summed E-state index contributed by atoms with van der Waals surface area (Å²) in [4.78, 5) is 4.88. The van der Waals surface area contributed by atoms with E-state index >= 15 is 0 Å². The van der Waals surface area contributed by atoms with Crippen LogP contribution in [0.4, 0.5) is 0 Å². The molecule has 0 atom stereocenters. The first kappa shape index (κ1) is 17.5. The van der Waals surface area contributed by atoms with Gasteiger partial charge in [-0.2, -0.15) is 0 Å². The highest BCUT2D eigenvalue weighted by atomic mass is 32.2. The van der Waals surface area contributed by atoms with Crippen molar-refractivity contribution < 1.29 is 0 Å². The van der Waals surface area contributed by atoms with Gasteiger partial charge in [-0.05, 0) is 18.1 Å². The Labute approximate surface area is 154 Å². The SMILES string of the molecule is Cc1ccc(CN2CCN(C(=S)SCc3ccccc3)CC2)cc1. The highest BCUT2D eigenvalue weighted by molar-refractivity contribution is 8.22. The number of benzene rings is 2. The van der Waals surface area contributed by atoms with Crippen LogP contribution in [0.3, 0.4) is 0 Å². The Morgan fingerprint density at radius 2 is 1.58 bits per heavy atom. The molecule has 2 nitrogen and oxygen atoms in total. The van der Waals surface area contributed by atoms with E-state index in [1.54, 1.807) is 11.8 Å². The van der Waals surface area contributed by atoms with Crippen LogP contribution in [0.1, 0.15) is 16.7 Å². The molecule has 1 aliphatic rings. The minimum atomic E-state index is 0.962. The Morgan fingerprint density at radius 3 is 2.25 bits per heavy atom. The minimum Gasteiger partial charge on any atom is -0.355 e. The van der Waals surface area contributed by atoms with Crippen molar-refractivity contribution in [3.63, 3.8) is 0 Å². The van der Waals surface area contributed by atoms with Crippen LogP contribution >= 0.6 is 24.0 Å². The van der Waals surface area contributed by atoms with Crippen molar-refractivity contribution in [3.8, 4) is 0 Å². The summed E-state index contributed by atoms with van der Waals surface area (Å²) in [5, 5.41) is 0. The Kier molecular flexibility index (Phi) is 6.30. The maximum absolute atomic E-state index is 5.63. The standard InChI is InChI=1S/C20H24N2S2/c1-17-7-9-18(10-8-17)15-21-11-13-22(14-12-21)20(23)24-16-19-5-3-2-4-6-19/h2-10H,11-16H2,1H3. The van der Waals surface area contributed by atoms with Gasteiger partial charge in [-0.1, -0.05) is 84.1 Å². The van der Waals surface area contributed by atoms with Crippen molar-refractivity contribution >= 4 is 28.3 Å². The fraction of sp³-hybridized carbons (Fsp3) is 0.350. The van der Waals surface area contributed by atoms with Gasteiger partial charge in [-0.15, -0.1) is 0 Å². The van der Waals surface area contributed by atoms with E-state index in [4.69, 9.17) is 12.2 Å². The lowest BCUT2D eigenvalue weighted by Crippen LogP contribution is -2.47. The average Bonchev–Trinajstić information content (AvgIpc) is 2.63. The highest BCUT2D eigenvalue weighted by Crippen LogP contribution is 2.18. The largest absolute Gasteiger partial charge is 0.355 e. The lowest BCUT2D eigenvalue weighted by atomic mass is 10.1. The third kappa shape index (κ3) is 5.07. The van der Waals surface area contributed by atoms with Gasteiger partial charge in [0.15, 0.2) is 0 Å².